The third kappa shape index (κ3) is 1.71. The van der Waals surface area contributed by atoms with Gasteiger partial charge in [-0.2, -0.15) is 0 Å². The molecule has 0 aromatic carbocycles. The third-order valence-corrected chi connectivity index (χ3v) is 6.42. The van der Waals surface area contributed by atoms with E-state index in [4.69, 9.17) is 10.7 Å². The first-order valence-corrected chi connectivity index (χ1v) is 8.83. The van der Waals surface area contributed by atoms with E-state index >= 15 is 0 Å². The van der Waals surface area contributed by atoms with Crippen molar-refractivity contribution in [2.24, 2.45) is 16.7 Å². The Morgan fingerprint density at radius 3 is 2.12 bits per heavy atom. The van der Waals surface area contributed by atoms with Crippen molar-refractivity contribution in [2.75, 3.05) is 5.75 Å². The first kappa shape index (κ1) is 11.3. The molecule has 2 bridgehead atoms. The topological polar surface area (TPSA) is 34.1 Å². The summed E-state index contributed by atoms with van der Waals surface area (Å²) < 4.78 is 22.2. The van der Waals surface area contributed by atoms with Gasteiger partial charge < -0.3 is 0 Å². The molecule has 0 amide bonds. The number of hydrogen-bond donors (Lipinski definition) is 0. The second-order valence-electron chi connectivity index (χ2n) is 6.41. The van der Waals surface area contributed by atoms with E-state index in [1.807, 2.05) is 0 Å². The maximum atomic E-state index is 11.1. The minimum Gasteiger partial charge on any atom is -0.212 e. The molecule has 4 saturated carbocycles. The first-order chi connectivity index (χ1) is 7.43. The lowest BCUT2D eigenvalue weighted by Gasteiger charge is -2.74. The largest absolute Gasteiger partial charge is 0.233 e. The van der Waals surface area contributed by atoms with Crippen LogP contribution in [-0.4, -0.2) is 14.2 Å². The molecular formula is C12H19ClO2S. The number of hydrogen-bond acceptors (Lipinski definition) is 2. The molecule has 0 spiro atoms. The van der Waals surface area contributed by atoms with Crippen molar-refractivity contribution in [3.05, 3.63) is 0 Å². The summed E-state index contributed by atoms with van der Waals surface area (Å²) in [6.45, 7) is 0. The minimum absolute atomic E-state index is 0.0953. The van der Waals surface area contributed by atoms with E-state index in [2.05, 4.69) is 0 Å². The van der Waals surface area contributed by atoms with E-state index in [1.54, 1.807) is 0 Å². The quantitative estimate of drug-likeness (QED) is 0.732. The molecule has 4 heteroatoms. The van der Waals surface area contributed by atoms with Crippen molar-refractivity contribution in [3.8, 4) is 0 Å². The zero-order valence-corrected chi connectivity index (χ0v) is 11.1. The van der Waals surface area contributed by atoms with E-state index in [0.29, 0.717) is 5.41 Å². The van der Waals surface area contributed by atoms with Crippen molar-refractivity contribution >= 4 is 19.7 Å². The Kier molecular flexibility index (Phi) is 2.39. The molecule has 0 radical (unpaired) electrons. The molecule has 0 N–H and O–H groups in total. The smallest absolute Gasteiger partial charge is 0.212 e. The maximum Gasteiger partial charge on any atom is 0.233 e. The fraction of sp³-hybridized carbons (Fsp3) is 1.00. The Hall–Kier alpha value is 0.240. The Balaban J connectivity index is 1.60. The molecule has 0 atom stereocenters. The van der Waals surface area contributed by atoms with Crippen LogP contribution in [0.1, 0.15) is 51.4 Å². The van der Waals surface area contributed by atoms with Crippen molar-refractivity contribution in [3.63, 3.8) is 0 Å². The average Bonchev–Trinajstić information content (AvgIpc) is 2.09. The zero-order valence-electron chi connectivity index (χ0n) is 9.54. The van der Waals surface area contributed by atoms with Crippen LogP contribution in [0.15, 0.2) is 0 Å². The van der Waals surface area contributed by atoms with Gasteiger partial charge in [-0.3, -0.25) is 0 Å². The summed E-state index contributed by atoms with van der Waals surface area (Å²) in [5.74, 6) is 1.11. The average molecular weight is 263 g/mol. The predicted molar refractivity (Wildman–Crippen MR) is 64.9 cm³/mol. The summed E-state index contributed by atoms with van der Waals surface area (Å²) in [7, 11) is 2.07. The molecule has 4 fully saturated rings. The minimum atomic E-state index is -3.29. The molecule has 0 aliphatic heterocycles. The van der Waals surface area contributed by atoms with Crippen LogP contribution in [0, 0.1) is 16.7 Å². The maximum absolute atomic E-state index is 11.1. The van der Waals surface area contributed by atoms with Crippen LogP contribution in [0.25, 0.3) is 0 Å². The van der Waals surface area contributed by atoms with Gasteiger partial charge in [0.25, 0.3) is 0 Å². The fourth-order valence-corrected chi connectivity index (χ4v) is 6.48. The van der Waals surface area contributed by atoms with Crippen LogP contribution in [-0.2, 0) is 9.05 Å². The summed E-state index contributed by atoms with van der Waals surface area (Å²) >= 11 is 0. The molecule has 16 heavy (non-hydrogen) atoms. The van der Waals surface area contributed by atoms with Crippen LogP contribution >= 0.6 is 10.7 Å². The number of halogens is 1. The van der Waals surface area contributed by atoms with Gasteiger partial charge in [0.05, 0.1) is 5.75 Å². The monoisotopic (exact) mass is 262 g/mol. The van der Waals surface area contributed by atoms with Gasteiger partial charge in [0.15, 0.2) is 0 Å². The highest BCUT2D eigenvalue weighted by Crippen LogP contribution is 2.77. The van der Waals surface area contributed by atoms with Gasteiger partial charge in [-0.15, -0.1) is 0 Å². The zero-order chi connectivity index (χ0) is 11.4. The summed E-state index contributed by atoms with van der Waals surface area (Å²) in [6, 6.07) is 0. The van der Waals surface area contributed by atoms with Crippen LogP contribution in [0.3, 0.4) is 0 Å². The van der Waals surface area contributed by atoms with Crippen LogP contribution in [0.5, 0.6) is 0 Å². The summed E-state index contributed by atoms with van der Waals surface area (Å²) in [4.78, 5) is 0. The molecule has 0 aromatic rings. The summed E-state index contributed by atoms with van der Waals surface area (Å²) in [5.41, 5.74) is 0.639. The van der Waals surface area contributed by atoms with Gasteiger partial charge in [-0.05, 0) is 48.9 Å². The summed E-state index contributed by atoms with van der Waals surface area (Å²) in [5, 5.41) is 0. The van der Waals surface area contributed by atoms with Gasteiger partial charge in [0.1, 0.15) is 0 Å². The molecule has 0 aromatic heterocycles. The van der Waals surface area contributed by atoms with E-state index in [1.165, 1.54) is 32.1 Å². The molecule has 4 rings (SSSR count). The fourth-order valence-electron chi connectivity index (χ4n) is 4.75. The van der Waals surface area contributed by atoms with E-state index in [0.717, 1.165) is 25.2 Å². The predicted octanol–water partition coefficient (Wildman–Crippen LogP) is 3.31. The van der Waals surface area contributed by atoms with Gasteiger partial charge in [-0.1, -0.05) is 19.3 Å². The van der Waals surface area contributed by atoms with Crippen molar-refractivity contribution in [1.82, 2.24) is 0 Å². The van der Waals surface area contributed by atoms with Gasteiger partial charge in [0, 0.05) is 10.7 Å². The molecule has 0 saturated heterocycles. The molecule has 2 nitrogen and oxygen atoms in total. The van der Waals surface area contributed by atoms with Gasteiger partial charge in [0.2, 0.25) is 9.05 Å². The van der Waals surface area contributed by atoms with Gasteiger partial charge in [-0.25, -0.2) is 8.42 Å². The van der Waals surface area contributed by atoms with E-state index < -0.39 is 9.05 Å². The molecule has 0 unspecified atom stereocenters. The Morgan fingerprint density at radius 2 is 1.62 bits per heavy atom. The second-order valence-corrected chi connectivity index (χ2v) is 9.19. The van der Waals surface area contributed by atoms with Crippen LogP contribution in [0.2, 0.25) is 0 Å². The van der Waals surface area contributed by atoms with Crippen LogP contribution in [0.4, 0.5) is 0 Å². The van der Waals surface area contributed by atoms with Crippen molar-refractivity contribution in [1.29, 1.82) is 0 Å². The summed E-state index contributed by atoms with van der Waals surface area (Å²) in [6.07, 6.45) is 10.3. The lowest BCUT2D eigenvalue weighted by Crippen LogP contribution is -2.67. The van der Waals surface area contributed by atoms with Crippen molar-refractivity contribution < 1.29 is 8.42 Å². The molecule has 92 valence electrons. The SMILES string of the molecule is O=S(=O)(Cl)CC12CC(C3CCCCC3)(C1)C2. The van der Waals surface area contributed by atoms with Crippen LogP contribution < -0.4 is 0 Å². The molecule has 4 aliphatic carbocycles. The number of rotatable bonds is 3. The molecule has 4 aliphatic rings. The highest BCUT2D eigenvalue weighted by molar-refractivity contribution is 8.13. The van der Waals surface area contributed by atoms with Gasteiger partial charge >= 0.3 is 0 Å². The molecular weight excluding hydrogens is 244 g/mol. The Labute approximate surface area is 102 Å². The lowest BCUT2D eigenvalue weighted by molar-refractivity contribution is -0.227. The Morgan fingerprint density at radius 1 is 1.06 bits per heavy atom. The molecule has 0 heterocycles. The normalized spacial score (nSPS) is 43.6. The van der Waals surface area contributed by atoms with Crippen molar-refractivity contribution in [2.45, 2.75) is 51.4 Å². The Bertz CT molecular complexity index is 375. The third-order valence-electron chi connectivity index (χ3n) is 5.13. The standard InChI is InChI=1S/C12H19ClO2S/c13-16(14,15)9-11-6-12(7-11,8-11)10-4-2-1-3-5-10/h10H,1-9H2. The second kappa shape index (κ2) is 3.38. The van der Waals surface area contributed by atoms with E-state index in [9.17, 15) is 8.42 Å². The lowest BCUT2D eigenvalue weighted by atomic mass is 9.32. The highest BCUT2D eigenvalue weighted by Gasteiger charge is 2.70. The van der Waals surface area contributed by atoms with E-state index in [-0.39, 0.29) is 11.2 Å². The first-order valence-electron chi connectivity index (χ1n) is 6.36. The highest BCUT2D eigenvalue weighted by atomic mass is 35.7.